The molecule has 4 heteroatoms. The Morgan fingerprint density at radius 1 is 0.784 bits per heavy atom. The fourth-order valence-corrected chi connectivity index (χ4v) is 5.23. The van der Waals surface area contributed by atoms with Crippen LogP contribution in [0.2, 0.25) is 0 Å². The molecule has 2 rings (SSSR count). The van der Waals surface area contributed by atoms with E-state index in [-0.39, 0.29) is 12.0 Å². The number of unbranched alkanes of at least 4 members (excludes halogenated alkanes) is 18. The van der Waals surface area contributed by atoms with E-state index in [1.165, 1.54) is 109 Å². The highest BCUT2D eigenvalue weighted by atomic mass is 16.5. The number of rotatable bonds is 24. The molecule has 1 N–H and O–H groups in total. The molecule has 0 radical (unpaired) electrons. The summed E-state index contributed by atoms with van der Waals surface area (Å²) in [4.78, 5) is 12.4. The zero-order valence-corrected chi connectivity index (χ0v) is 24.1. The number of ether oxygens (including phenoxy) is 2. The molecule has 212 valence electrons. The minimum absolute atomic E-state index is 0.0835. The van der Waals surface area contributed by atoms with E-state index in [1.54, 1.807) is 0 Å². The monoisotopic (exact) mass is 515 g/mol. The maximum absolute atomic E-state index is 12.4. The average molecular weight is 516 g/mol. The van der Waals surface area contributed by atoms with Crippen molar-refractivity contribution in [3.05, 3.63) is 24.3 Å². The molecule has 0 aliphatic carbocycles. The highest BCUT2D eigenvalue weighted by Crippen LogP contribution is 2.25. The molecule has 0 bridgehead atoms. The molecule has 1 amide bonds. The van der Waals surface area contributed by atoms with Gasteiger partial charge in [-0.3, -0.25) is 4.79 Å². The van der Waals surface area contributed by atoms with Gasteiger partial charge in [-0.2, -0.15) is 0 Å². The second-order valence-corrected chi connectivity index (χ2v) is 11.1. The largest absolute Gasteiger partial charge is 0.489 e. The molecule has 4 nitrogen and oxygen atoms in total. The van der Waals surface area contributed by atoms with Crippen LogP contribution in [0.5, 0.6) is 5.75 Å². The second-order valence-electron chi connectivity index (χ2n) is 11.1. The van der Waals surface area contributed by atoms with Crippen LogP contribution in [-0.4, -0.2) is 25.2 Å². The van der Waals surface area contributed by atoms with Crippen LogP contribution in [0.3, 0.4) is 0 Å². The van der Waals surface area contributed by atoms with E-state index < -0.39 is 0 Å². The maximum Gasteiger partial charge on any atom is 0.224 e. The van der Waals surface area contributed by atoms with Crippen LogP contribution in [0.4, 0.5) is 5.69 Å². The van der Waals surface area contributed by atoms with Gasteiger partial charge in [-0.05, 0) is 31.4 Å². The van der Waals surface area contributed by atoms with Gasteiger partial charge in [-0.1, -0.05) is 135 Å². The van der Waals surface area contributed by atoms with Crippen LogP contribution in [0.25, 0.3) is 0 Å². The number of carbonyl (C=O) groups is 1. The van der Waals surface area contributed by atoms with Crippen LogP contribution < -0.4 is 10.1 Å². The topological polar surface area (TPSA) is 47.6 Å². The lowest BCUT2D eigenvalue weighted by Crippen LogP contribution is -2.18. The fraction of sp³-hybridized carbons (Fsp3) is 0.788. The van der Waals surface area contributed by atoms with Gasteiger partial charge in [-0.25, -0.2) is 0 Å². The summed E-state index contributed by atoms with van der Waals surface area (Å²) in [5, 5.41) is 3.04. The highest BCUT2D eigenvalue weighted by Gasteiger charge is 2.17. The summed E-state index contributed by atoms with van der Waals surface area (Å²) in [7, 11) is 0. The Morgan fingerprint density at radius 2 is 1.30 bits per heavy atom. The number of hydrogen-bond acceptors (Lipinski definition) is 3. The lowest BCUT2D eigenvalue weighted by atomic mass is 10.0. The van der Waals surface area contributed by atoms with Crippen molar-refractivity contribution in [2.75, 3.05) is 18.5 Å². The first-order valence-electron chi connectivity index (χ1n) is 15.9. The SMILES string of the molecule is CCCCCCCCCCCCCCCCCCCCCC(=O)Nc1ccccc1OCC1CCCO1. The summed E-state index contributed by atoms with van der Waals surface area (Å²) >= 11 is 0. The Hall–Kier alpha value is -1.55. The van der Waals surface area contributed by atoms with E-state index >= 15 is 0 Å². The average Bonchev–Trinajstić information content (AvgIpc) is 3.43. The van der Waals surface area contributed by atoms with Crippen molar-refractivity contribution in [1.82, 2.24) is 0 Å². The van der Waals surface area contributed by atoms with Crippen LogP contribution >= 0.6 is 0 Å². The Kier molecular flexibility index (Phi) is 19.2. The van der Waals surface area contributed by atoms with Crippen LogP contribution in [0.15, 0.2) is 24.3 Å². The zero-order valence-electron chi connectivity index (χ0n) is 24.1. The number of hydrogen-bond donors (Lipinski definition) is 1. The van der Waals surface area contributed by atoms with Gasteiger partial charge in [0.05, 0.1) is 11.8 Å². The van der Waals surface area contributed by atoms with E-state index in [0.717, 1.165) is 43.7 Å². The van der Waals surface area contributed by atoms with Crippen LogP contribution in [0, 0.1) is 0 Å². The lowest BCUT2D eigenvalue weighted by Gasteiger charge is -2.15. The Bertz CT molecular complexity index is 671. The van der Waals surface area contributed by atoms with E-state index in [2.05, 4.69) is 12.2 Å². The predicted octanol–water partition coefficient (Wildman–Crippen LogP) is 10.0. The van der Waals surface area contributed by atoms with Gasteiger partial charge >= 0.3 is 0 Å². The van der Waals surface area contributed by atoms with Gasteiger partial charge in [0, 0.05) is 13.0 Å². The fourth-order valence-electron chi connectivity index (χ4n) is 5.23. The molecule has 1 fully saturated rings. The standard InChI is InChI=1S/C33H57NO3/c1-2-3-4-5-6-7-8-9-10-11-12-13-14-15-16-17-18-19-20-27-33(35)34-31-25-21-22-26-32(31)37-29-30-24-23-28-36-30/h21-22,25-26,30H,2-20,23-24,27-29H2,1H3,(H,34,35). The van der Waals surface area contributed by atoms with Crippen LogP contribution in [-0.2, 0) is 9.53 Å². The number of amides is 1. The normalized spacial score (nSPS) is 15.2. The van der Waals surface area contributed by atoms with Crippen molar-refractivity contribution in [2.24, 2.45) is 0 Å². The molecule has 1 aliphatic rings. The van der Waals surface area contributed by atoms with Crippen LogP contribution in [0.1, 0.15) is 148 Å². The number of benzene rings is 1. The summed E-state index contributed by atoms with van der Waals surface area (Å²) < 4.78 is 11.6. The summed E-state index contributed by atoms with van der Waals surface area (Å²) in [6.07, 6.45) is 28.9. The van der Waals surface area contributed by atoms with Crippen molar-refractivity contribution >= 4 is 11.6 Å². The summed E-state index contributed by atoms with van der Waals surface area (Å²) in [5.41, 5.74) is 0.767. The van der Waals surface area contributed by atoms with Crippen molar-refractivity contribution in [3.63, 3.8) is 0 Å². The van der Waals surface area contributed by atoms with E-state index in [1.807, 2.05) is 24.3 Å². The third kappa shape index (κ3) is 16.8. The summed E-state index contributed by atoms with van der Waals surface area (Å²) in [6.45, 7) is 3.66. The first-order valence-corrected chi connectivity index (χ1v) is 15.9. The quantitative estimate of drug-likeness (QED) is 0.139. The Morgan fingerprint density at radius 3 is 1.81 bits per heavy atom. The molecule has 1 aromatic carbocycles. The molecular formula is C33H57NO3. The van der Waals surface area contributed by atoms with Crippen molar-refractivity contribution in [3.8, 4) is 5.75 Å². The first kappa shape index (κ1) is 31.7. The van der Waals surface area contributed by atoms with Crippen molar-refractivity contribution in [1.29, 1.82) is 0 Å². The zero-order chi connectivity index (χ0) is 26.2. The molecule has 1 unspecified atom stereocenters. The molecular weight excluding hydrogens is 458 g/mol. The lowest BCUT2D eigenvalue weighted by molar-refractivity contribution is -0.116. The predicted molar refractivity (Wildman–Crippen MR) is 158 cm³/mol. The summed E-state index contributed by atoms with van der Waals surface area (Å²) in [6, 6.07) is 7.71. The minimum atomic E-state index is 0.0835. The number of para-hydroxylation sites is 2. The molecule has 1 aliphatic heterocycles. The van der Waals surface area contributed by atoms with Gasteiger partial charge < -0.3 is 14.8 Å². The van der Waals surface area contributed by atoms with Gasteiger partial charge in [0.1, 0.15) is 12.4 Å². The first-order chi connectivity index (χ1) is 18.3. The summed E-state index contributed by atoms with van der Waals surface area (Å²) in [5.74, 6) is 0.819. The molecule has 1 saturated heterocycles. The van der Waals surface area contributed by atoms with Gasteiger partial charge in [-0.15, -0.1) is 0 Å². The molecule has 37 heavy (non-hydrogen) atoms. The van der Waals surface area contributed by atoms with Crippen molar-refractivity contribution < 1.29 is 14.3 Å². The third-order valence-electron chi connectivity index (χ3n) is 7.62. The molecule has 1 heterocycles. The van der Waals surface area contributed by atoms with E-state index in [9.17, 15) is 4.79 Å². The molecule has 1 aromatic rings. The Balaban J connectivity index is 1.35. The second kappa shape index (κ2) is 22.4. The van der Waals surface area contributed by atoms with Gasteiger partial charge in [0.15, 0.2) is 0 Å². The third-order valence-corrected chi connectivity index (χ3v) is 7.62. The minimum Gasteiger partial charge on any atom is -0.489 e. The molecule has 0 aromatic heterocycles. The Labute approximate surface area is 228 Å². The van der Waals surface area contributed by atoms with Gasteiger partial charge in [0.25, 0.3) is 0 Å². The number of anilines is 1. The van der Waals surface area contributed by atoms with E-state index in [0.29, 0.717) is 13.0 Å². The molecule has 1 atom stereocenters. The molecule has 0 spiro atoms. The smallest absolute Gasteiger partial charge is 0.224 e. The van der Waals surface area contributed by atoms with E-state index in [4.69, 9.17) is 9.47 Å². The highest BCUT2D eigenvalue weighted by molar-refractivity contribution is 5.92. The molecule has 0 saturated carbocycles. The number of nitrogens with one attached hydrogen (secondary N) is 1. The number of carbonyl (C=O) groups excluding carboxylic acids is 1. The van der Waals surface area contributed by atoms with Crippen molar-refractivity contribution in [2.45, 2.75) is 154 Å². The van der Waals surface area contributed by atoms with Gasteiger partial charge in [0.2, 0.25) is 5.91 Å². The maximum atomic E-state index is 12.4.